The van der Waals surface area contributed by atoms with Crippen molar-refractivity contribution in [3.63, 3.8) is 0 Å². The van der Waals surface area contributed by atoms with Gasteiger partial charge in [-0.2, -0.15) is 10.1 Å². The van der Waals surface area contributed by atoms with Gasteiger partial charge in [-0.3, -0.25) is 14.6 Å². The van der Waals surface area contributed by atoms with Gasteiger partial charge >= 0.3 is 0 Å². The molecule has 2 atom stereocenters. The second-order valence-corrected chi connectivity index (χ2v) is 7.46. The van der Waals surface area contributed by atoms with Gasteiger partial charge in [-0.05, 0) is 43.7 Å². The minimum absolute atomic E-state index is 0.0691. The van der Waals surface area contributed by atoms with Crippen molar-refractivity contribution in [2.45, 2.75) is 32.5 Å². The second-order valence-electron chi connectivity index (χ2n) is 7.46. The third-order valence-corrected chi connectivity index (χ3v) is 5.42. The molecule has 10 nitrogen and oxygen atoms in total. The fraction of sp³-hybridized carbons (Fsp3) is 0.273. The van der Waals surface area contributed by atoms with Crippen LogP contribution in [0.15, 0.2) is 63.4 Å². The van der Waals surface area contributed by atoms with E-state index in [1.807, 2.05) is 38.1 Å². The first-order valence-corrected chi connectivity index (χ1v) is 10.2. The molecule has 2 unspecified atom stereocenters. The van der Waals surface area contributed by atoms with Crippen molar-refractivity contribution in [2.24, 2.45) is 10.3 Å². The fourth-order valence-corrected chi connectivity index (χ4v) is 3.86. The van der Waals surface area contributed by atoms with Crippen molar-refractivity contribution in [1.82, 2.24) is 15.1 Å². The van der Waals surface area contributed by atoms with Gasteiger partial charge in [0, 0.05) is 5.56 Å². The van der Waals surface area contributed by atoms with Crippen LogP contribution < -0.4 is 9.64 Å². The smallest absolute Gasteiger partial charge is 0.263 e. The highest BCUT2D eigenvalue weighted by atomic mass is 16.5. The van der Waals surface area contributed by atoms with E-state index >= 15 is 0 Å². The van der Waals surface area contributed by atoms with Crippen LogP contribution in [0.1, 0.15) is 18.4 Å². The third-order valence-electron chi connectivity index (χ3n) is 5.42. The summed E-state index contributed by atoms with van der Waals surface area (Å²) in [6.45, 7) is 4.44. The lowest BCUT2D eigenvalue weighted by Crippen LogP contribution is -2.39. The van der Waals surface area contributed by atoms with Gasteiger partial charge in [0.2, 0.25) is 11.7 Å². The first-order chi connectivity index (χ1) is 15.6. The number of aromatic nitrogens is 2. The van der Waals surface area contributed by atoms with E-state index in [0.29, 0.717) is 23.9 Å². The van der Waals surface area contributed by atoms with Crippen LogP contribution in [0.2, 0.25) is 0 Å². The zero-order valence-corrected chi connectivity index (χ0v) is 17.5. The molecule has 3 heterocycles. The Kier molecular flexibility index (Phi) is 4.89. The molecule has 2 aliphatic rings. The van der Waals surface area contributed by atoms with E-state index in [-0.39, 0.29) is 12.4 Å². The molecule has 0 N–H and O–H groups in total. The summed E-state index contributed by atoms with van der Waals surface area (Å²) in [7, 11) is 0. The molecular formula is C22H20N6O4. The number of carbonyl (C=O) groups excluding carboxylic acids is 2. The third kappa shape index (κ3) is 3.29. The molecule has 3 aromatic rings. The molecule has 0 radical (unpaired) electrons. The molecule has 1 aromatic heterocycles. The Morgan fingerprint density at radius 2 is 1.84 bits per heavy atom. The van der Waals surface area contributed by atoms with E-state index in [2.05, 4.69) is 20.5 Å². The maximum Gasteiger partial charge on any atom is 0.263 e. The number of benzene rings is 2. The average Bonchev–Trinajstić information content (AvgIpc) is 3.48. The number of hydrogen-bond donors (Lipinski definition) is 0. The molecule has 32 heavy (non-hydrogen) atoms. The molecule has 0 saturated carbocycles. The van der Waals surface area contributed by atoms with Gasteiger partial charge in [0.05, 0.1) is 12.3 Å². The molecule has 2 aromatic carbocycles. The van der Waals surface area contributed by atoms with Crippen molar-refractivity contribution in [3.05, 3.63) is 60.0 Å². The Morgan fingerprint density at radius 3 is 2.59 bits per heavy atom. The summed E-state index contributed by atoms with van der Waals surface area (Å²) in [4.78, 5) is 31.6. The number of fused-ring (bicyclic) bond motifs is 1. The minimum Gasteiger partial charge on any atom is -0.494 e. The lowest BCUT2D eigenvalue weighted by molar-refractivity contribution is -0.123. The van der Waals surface area contributed by atoms with Crippen LogP contribution in [0.25, 0.3) is 11.4 Å². The number of amides is 2. The summed E-state index contributed by atoms with van der Waals surface area (Å²) in [6.07, 6.45) is 0. The molecule has 2 amide bonds. The minimum atomic E-state index is -0.896. The monoisotopic (exact) mass is 432 g/mol. The van der Waals surface area contributed by atoms with E-state index in [1.54, 1.807) is 24.3 Å². The summed E-state index contributed by atoms with van der Waals surface area (Å²) in [5.74, 6) is 0.588. The first-order valence-electron chi connectivity index (χ1n) is 10.2. The highest BCUT2D eigenvalue weighted by molar-refractivity contribution is 6.25. The number of imide groups is 1. The molecule has 1 saturated heterocycles. The Morgan fingerprint density at radius 1 is 1.06 bits per heavy atom. The molecule has 0 bridgehead atoms. The van der Waals surface area contributed by atoms with E-state index in [9.17, 15) is 9.59 Å². The number of rotatable bonds is 6. The van der Waals surface area contributed by atoms with E-state index in [1.165, 1.54) is 5.01 Å². The Bertz CT molecular complexity index is 1210. The summed E-state index contributed by atoms with van der Waals surface area (Å²) < 4.78 is 10.8. The molecule has 162 valence electrons. The molecule has 0 spiro atoms. The number of aryl methyl sites for hydroxylation is 1. The standard InChI is InChI=1S/C22H20N6O4/c1-3-31-15-10-8-14(9-11-15)28-21(29)18-19(22(28)30)27(26-24-18)12-17-23-20(25-32-17)16-7-5-4-6-13(16)2/h4-11,18-19H,3,12H2,1-2H3. The maximum atomic E-state index is 13.1. The van der Waals surface area contributed by atoms with Crippen molar-refractivity contribution < 1.29 is 18.8 Å². The van der Waals surface area contributed by atoms with Gasteiger partial charge in [0.1, 0.15) is 12.3 Å². The largest absolute Gasteiger partial charge is 0.494 e. The zero-order chi connectivity index (χ0) is 22.2. The Hall–Kier alpha value is -4.08. The van der Waals surface area contributed by atoms with Crippen molar-refractivity contribution in [2.75, 3.05) is 11.5 Å². The molecular weight excluding hydrogens is 412 g/mol. The van der Waals surface area contributed by atoms with Crippen LogP contribution >= 0.6 is 0 Å². The normalized spacial score (nSPS) is 19.7. The van der Waals surface area contributed by atoms with E-state index in [4.69, 9.17) is 9.26 Å². The first kappa shape index (κ1) is 19.9. The van der Waals surface area contributed by atoms with Gasteiger partial charge in [-0.25, -0.2) is 4.90 Å². The van der Waals surface area contributed by atoms with Crippen molar-refractivity contribution in [1.29, 1.82) is 0 Å². The summed E-state index contributed by atoms with van der Waals surface area (Å²) in [6, 6.07) is 12.8. The SMILES string of the molecule is CCOc1ccc(N2C(=O)C3N=NN(Cc4nc(-c5ccccc5C)no4)C3C2=O)cc1. The lowest BCUT2D eigenvalue weighted by atomic mass is 10.1. The van der Waals surface area contributed by atoms with Crippen LogP contribution in [0, 0.1) is 6.92 Å². The van der Waals surface area contributed by atoms with E-state index in [0.717, 1.165) is 16.0 Å². The predicted molar refractivity (Wildman–Crippen MR) is 113 cm³/mol. The van der Waals surface area contributed by atoms with Gasteiger partial charge in [-0.1, -0.05) is 34.6 Å². The van der Waals surface area contributed by atoms with Crippen LogP contribution in [0.3, 0.4) is 0 Å². The van der Waals surface area contributed by atoms with Crippen LogP contribution in [0.5, 0.6) is 5.75 Å². The molecule has 5 rings (SSSR count). The molecule has 2 aliphatic heterocycles. The number of carbonyl (C=O) groups is 2. The Balaban J connectivity index is 1.34. The van der Waals surface area contributed by atoms with Crippen molar-refractivity contribution >= 4 is 17.5 Å². The van der Waals surface area contributed by atoms with Gasteiger partial charge < -0.3 is 9.26 Å². The van der Waals surface area contributed by atoms with Crippen LogP contribution in [0.4, 0.5) is 5.69 Å². The van der Waals surface area contributed by atoms with Crippen molar-refractivity contribution in [3.8, 4) is 17.1 Å². The lowest BCUT2D eigenvalue weighted by Gasteiger charge is -2.19. The van der Waals surface area contributed by atoms with E-state index < -0.39 is 23.9 Å². The maximum absolute atomic E-state index is 13.1. The van der Waals surface area contributed by atoms with Gasteiger partial charge in [-0.15, -0.1) is 0 Å². The highest BCUT2D eigenvalue weighted by Gasteiger charge is 2.55. The summed E-state index contributed by atoms with van der Waals surface area (Å²) >= 11 is 0. The Labute approximate surface area is 183 Å². The second kappa shape index (κ2) is 7.88. The number of nitrogens with zero attached hydrogens (tertiary/aromatic N) is 6. The van der Waals surface area contributed by atoms with Gasteiger partial charge in [0.25, 0.3) is 11.8 Å². The van der Waals surface area contributed by atoms with Crippen LogP contribution in [-0.4, -0.2) is 45.7 Å². The van der Waals surface area contributed by atoms with Gasteiger partial charge in [0.15, 0.2) is 12.1 Å². The predicted octanol–water partition coefficient (Wildman–Crippen LogP) is 2.94. The van der Waals surface area contributed by atoms with Crippen LogP contribution in [-0.2, 0) is 16.1 Å². The zero-order valence-electron chi connectivity index (χ0n) is 17.5. The average molecular weight is 432 g/mol. The summed E-state index contributed by atoms with van der Waals surface area (Å²) in [5.41, 5.74) is 2.34. The number of hydrogen-bond acceptors (Lipinski definition) is 9. The molecule has 0 aliphatic carbocycles. The fourth-order valence-electron chi connectivity index (χ4n) is 3.86. The molecule has 1 fully saturated rings. The number of ether oxygens (including phenoxy) is 1. The summed E-state index contributed by atoms with van der Waals surface area (Å²) in [5, 5.41) is 13.5. The topological polar surface area (TPSA) is 113 Å². The highest BCUT2D eigenvalue weighted by Crippen LogP contribution is 2.33. The molecule has 10 heteroatoms. The quantitative estimate of drug-likeness (QED) is 0.550. The number of anilines is 1.